The van der Waals surface area contributed by atoms with E-state index < -0.39 is 6.43 Å². The van der Waals surface area contributed by atoms with Gasteiger partial charge in [0.2, 0.25) is 0 Å². The SMILES string of the molecule is C=C/C(CN1CCN(c2cc(=O)n(C)c3ccc(C#N)nc23)C(C)C1)=C(\C=C(C)C)C(F)F.CC. The lowest BCUT2D eigenvalue weighted by atomic mass is 10.0. The van der Waals surface area contributed by atoms with E-state index in [4.69, 9.17) is 0 Å². The number of nitrogens with zero attached hydrogens (tertiary/aromatic N) is 5. The molecule has 8 heteroatoms. The van der Waals surface area contributed by atoms with Crippen molar-refractivity contribution in [3.05, 3.63) is 69.7 Å². The first kappa shape index (κ1) is 27.9. The van der Waals surface area contributed by atoms with E-state index in [1.807, 2.05) is 20.8 Å². The molecule has 1 aliphatic rings. The van der Waals surface area contributed by atoms with Crippen molar-refractivity contribution in [2.45, 2.75) is 47.1 Å². The van der Waals surface area contributed by atoms with Gasteiger partial charge >= 0.3 is 0 Å². The van der Waals surface area contributed by atoms with E-state index in [9.17, 15) is 18.8 Å². The van der Waals surface area contributed by atoms with Crippen LogP contribution < -0.4 is 10.5 Å². The van der Waals surface area contributed by atoms with E-state index in [-0.39, 0.29) is 22.9 Å². The van der Waals surface area contributed by atoms with E-state index in [2.05, 4.69) is 27.4 Å². The maximum atomic E-state index is 13.7. The molecule has 1 unspecified atom stereocenters. The van der Waals surface area contributed by atoms with Gasteiger partial charge in [-0.05, 0) is 38.5 Å². The van der Waals surface area contributed by atoms with Gasteiger partial charge in [-0.1, -0.05) is 38.2 Å². The molecule has 0 spiro atoms. The molecule has 6 nitrogen and oxygen atoms in total. The number of hydrogen-bond donors (Lipinski definition) is 0. The maximum Gasteiger partial charge on any atom is 0.264 e. The fourth-order valence-electron chi connectivity index (χ4n) is 4.25. The van der Waals surface area contributed by atoms with Crippen LogP contribution in [0.4, 0.5) is 14.5 Å². The lowest BCUT2D eigenvalue weighted by Crippen LogP contribution is -2.52. The van der Waals surface area contributed by atoms with Crippen molar-refractivity contribution in [3.8, 4) is 6.07 Å². The highest BCUT2D eigenvalue weighted by Crippen LogP contribution is 2.28. The van der Waals surface area contributed by atoms with Crippen LogP contribution in [0.25, 0.3) is 11.0 Å². The quantitative estimate of drug-likeness (QED) is 0.538. The molecule has 2 aromatic heterocycles. The Kier molecular flexibility index (Phi) is 9.90. The summed E-state index contributed by atoms with van der Waals surface area (Å²) < 4.78 is 28.8. The van der Waals surface area contributed by atoms with Gasteiger partial charge in [-0.15, -0.1) is 0 Å². The van der Waals surface area contributed by atoms with Crippen molar-refractivity contribution in [1.82, 2.24) is 14.5 Å². The maximum absolute atomic E-state index is 13.7. The van der Waals surface area contributed by atoms with Crippen molar-refractivity contribution in [1.29, 1.82) is 5.26 Å². The molecular weight excluding hydrogens is 448 g/mol. The smallest absolute Gasteiger partial charge is 0.264 e. The lowest BCUT2D eigenvalue weighted by Gasteiger charge is -2.41. The van der Waals surface area contributed by atoms with Gasteiger partial charge in [-0.2, -0.15) is 5.26 Å². The van der Waals surface area contributed by atoms with Crippen molar-refractivity contribution < 1.29 is 8.78 Å². The Morgan fingerprint density at radius 1 is 1.31 bits per heavy atom. The van der Waals surface area contributed by atoms with Gasteiger partial charge in [0.1, 0.15) is 17.3 Å². The van der Waals surface area contributed by atoms with Crippen molar-refractivity contribution in [3.63, 3.8) is 0 Å². The second kappa shape index (κ2) is 12.4. The summed E-state index contributed by atoms with van der Waals surface area (Å²) in [5.41, 5.74) is 3.42. The van der Waals surface area contributed by atoms with Crippen LogP contribution in [0.3, 0.4) is 0 Å². The molecule has 1 fully saturated rings. The Hall–Kier alpha value is -3.31. The first-order chi connectivity index (χ1) is 16.7. The van der Waals surface area contributed by atoms with Gasteiger partial charge in [0.15, 0.2) is 0 Å². The van der Waals surface area contributed by atoms with E-state index in [0.29, 0.717) is 48.5 Å². The second-order valence-electron chi connectivity index (χ2n) is 8.59. The standard InChI is InChI=1S/C25H29F2N5O.C2H6/c1-6-18(20(25(26)27)11-16(2)3)15-31-9-10-32(17(4)14-31)22-12-23(33)30(5)21-8-7-19(13-28)29-24(21)22;1-2/h6-8,11-12,17,25H,1,9-10,14-15H2,2-5H3;1-2H3/b20-18-;. The van der Waals surface area contributed by atoms with E-state index in [0.717, 1.165) is 5.57 Å². The van der Waals surface area contributed by atoms with Crippen LogP contribution in [0.2, 0.25) is 0 Å². The number of anilines is 1. The molecule has 0 saturated carbocycles. The number of alkyl halides is 2. The number of pyridine rings is 2. The normalized spacial score (nSPS) is 16.8. The van der Waals surface area contributed by atoms with E-state index in [1.54, 1.807) is 39.1 Å². The number of fused-ring (bicyclic) bond motifs is 1. The van der Waals surface area contributed by atoms with Crippen molar-refractivity contribution in [2.24, 2.45) is 7.05 Å². The average Bonchev–Trinajstić information content (AvgIpc) is 2.84. The topological polar surface area (TPSA) is 65.2 Å². The Bertz CT molecular complexity index is 1220. The first-order valence-corrected chi connectivity index (χ1v) is 11.8. The Labute approximate surface area is 206 Å². The molecule has 35 heavy (non-hydrogen) atoms. The van der Waals surface area contributed by atoms with Gasteiger partial charge in [0.05, 0.1) is 11.2 Å². The van der Waals surface area contributed by atoms with Crippen LogP contribution in [0.5, 0.6) is 0 Å². The molecular formula is C27H35F2N5O. The Morgan fingerprint density at radius 3 is 2.54 bits per heavy atom. The highest BCUT2D eigenvalue weighted by molar-refractivity contribution is 5.88. The summed E-state index contributed by atoms with van der Waals surface area (Å²) >= 11 is 0. The van der Waals surface area contributed by atoms with Gasteiger partial charge < -0.3 is 9.47 Å². The summed E-state index contributed by atoms with van der Waals surface area (Å²) in [4.78, 5) is 21.3. The number of allylic oxidation sites excluding steroid dienone is 3. The number of hydrogen-bond acceptors (Lipinski definition) is 5. The third-order valence-corrected chi connectivity index (χ3v) is 5.89. The molecule has 0 radical (unpaired) electrons. The largest absolute Gasteiger partial charge is 0.364 e. The summed E-state index contributed by atoms with van der Waals surface area (Å²) in [6, 6.07) is 6.96. The number of rotatable bonds is 6. The minimum atomic E-state index is -2.57. The molecule has 1 saturated heterocycles. The summed E-state index contributed by atoms with van der Waals surface area (Å²) in [5.74, 6) is 0. The molecule has 0 N–H and O–H groups in total. The van der Waals surface area contributed by atoms with Crippen LogP contribution in [-0.4, -0.2) is 53.1 Å². The van der Waals surface area contributed by atoms with Crippen LogP contribution in [0.15, 0.2) is 58.4 Å². The fraction of sp³-hybridized carbons (Fsp3) is 0.444. The molecule has 0 bridgehead atoms. The number of piperazine rings is 1. The highest BCUT2D eigenvalue weighted by atomic mass is 19.3. The molecule has 3 rings (SSSR count). The minimum Gasteiger partial charge on any atom is -0.364 e. The van der Waals surface area contributed by atoms with E-state index >= 15 is 0 Å². The fourth-order valence-corrected chi connectivity index (χ4v) is 4.25. The second-order valence-corrected chi connectivity index (χ2v) is 8.59. The summed E-state index contributed by atoms with van der Waals surface area (Å²) in [6.07, 6.45) is 0.463. The third kappa shape index (κ3) is 6.43. The Balaban J connectivity index is 0.00000210. The van der Waals surface area contributed by atoms with Crippen LogP contribution >= 0.6 is 0 Å². The van der Waals surface area contributed by atoms with Gasteiger partial charge in [0, 0.05) is 50.9 Å². The molecule has 1 atom stereocenters. The third-order valence-electron chi connectivity index (χ3n) is 5.89. The number of nitriles is 1. The predicted molar refractivity (Wildman–Crippen MR) is 139 cm³/mol. The minimum absolute atomic E-state index is 0.00543. The average molecular weight is 484 g/mol. The zero-order valence-electron chi connectivity index (χ0n) is 21.5. The molecule has 0 aliphatic carbocycles. The van der Waals surface area contributed by atoms with Crippen LogP contribution in [0.1, 0.15) is 40.3 Å². The monoisotopic (exact) mass is 483 g/mol. The number of halogens is 2. The summed E-state index contributed by atoms with van der Waals surface area (Å²) in [7, 11) is 1.68. The van der Waals surface area contributed by atoms with Crippen molar-refractivity contribution in [2.75, 3.05) is 31.1 Å². The molecule has 1 aliphatic heterocycles. The van der Waals surface area contributed by atoms with Crippen LogP contribution in [0, 0.1) is 11.3 Å². The highest BCUT2D eigenvalue weighted by Gasteiger charge is 2.27. The predicted octanol–water partition coefficient (Wildman–Crippen LogP) is 5.06. The van der Waals surface area contributed by atoms with Gasteiger partial charge in [-0.25, -0.2) is 13.8 Å². The molecule has 0 aromatic carbocycles. The molecule has 188 valence electrons. The first-order valence-electron chi connectivity index (χ1n) is 11.8. The molecule has 0 amide bonds. The number of aryl methyl sites for hydroxylation is 1. The number of aromatic nitrogens is 2. The van der Waals surface area contributed by atoms with Gasteiger partial charge in [-0.3, -0.25) is 9.69 Å². The zero-order valence-corrected chi connectivity index (χ0v) is 21.5. The van der Waals surface area contributed by atoms with Crippen molar-refractivity contribution >= 4 is 16.7 Å². The summed E-state index contributed by atoms with van der Waals surface area (Å²) in [6.45, 7) is 15.6. The van der Waals surface area contributed by atoms with Gasteiger partial charge in [0.25, 0.3) is 12.0 Å². The Morgan fingerprint density at radius 2 is 2.00 bits per heavy atom. The summed E-state index contributed by atoms with van der Waals surface area (Å²) in [5, 5.41) is 9.28. The zero-order chi connectivity index (χ0) is 26.3. The molecule has 2 aromatic rings. The lowest BCUT2D eigenvalue weighted by molar-refractivity contribution is 0.190. The van der Waals surface area contributed by atoms with Crippen LogP contribution in [-0.2, 0) is 7.05 Å². The molecule has 3 heterocycles. The van der Waals surface area contributed by atoms with E-state index in [1.165, 1.54) is 16.7 Å².